The molecule has 0 amide bonds. The summed E-state index contributed by atoms with van der Waals surface area (Å²) in [5.41, 5.74) is 1.61. The molecule has 0 bridgehead atoms. The van der Waals surface area contributed by atoms with E-state index in [0.717, 1.165) is 18.7 Å². The number of nitrogens with zero attached hydrogens (tertiary/aromatic N) is 2. The third kappa shape index (κ3) is 4.30. The van der Waals surface area contributed by atoms with E-state index in [1.54, 1.807) is 21.3 Å². The average molecular weight is 318 g/mol. The van der Waals surface area contributed by atoms with Gasteiger partial charge in [0.15, 0.2) is 11.5 Å². The molecule has 23 heavy (non-hydrogen) atoms. The van der Waals surface area contributed by atoms with Crippen molar-refractivity contribution in [2.75, 3.05) is 47.6 Å². The van der Waals surface area contributed by atoms with E-state index in [1.807, 2.05) is 18.3 Å². The Morgan fingerprint density at radius 1 is 1.17 bits per heavy atom. The van der Waals surface area contributed by atoms with Crippen LogP contribution in [0.2, 0.25) is 0 Å². The third-order valence-corrected chi connectivity index (χ3v) is 3.65. The molecule has 1 fully saturated rings. The van der Waals surface area contributed by atoms with Crippen molar-refractivity contribution in [3.8, 4) is 23.3 Å². The van der Waals surface area contributed by atoms with Crippen molar-refractivity contribution >= 4 is 0 Å². The summed E-state index contributed by atoms with van der Waals surface area (Å²) in [7, 11) is 4.73. The van der Waals surface area contributed by atoms with Crippen LogP contribution in [0, 0.1) is 11.3 Å². The van der Waals surface area contributed by atoms with E-state index >= 15 is 0 Å². The van der Waals surface area contributed by atoms with Crippen molar-refractivity contribution in [3.05, 3.63) is 29.5 Å². The zero-order chi connectivity index (χ0) is 16.7. The lowest BCUT2D eigenvalue weighted by atomic mass is 10.1. The lowest BCUT2D eigenvalue weighted by Gasteiger charge is -2.25. The fraction of sp³-hybridized carbons (Fsp3) is 0.471. The second-order valence-electron chi connectivity index (χ2n) is 5.12. The predicted octanol–water partition coefficient (Wildman–Crippen LogP) is 1.99. The number of morpholine rings is 1. The van der Waals surface area contributed by atoms with Crippen LogP contribution < -0.4 is 14.2 Å². The zero-order valence-electron chi connectivity index (χ0n) is 13.8. The maximum Gasteiger partial charge on any atom is 0.203 e. The Morgan fingerprint density at radius 3 is 2.26 bits per heavy atom. The summed E-state index contributed by atoms with van der Waals surface area (Å²) < 4.78 is 21.3. The second kappa shape index (κ2) is 8.30. The van der Waals surface area contributed by atoms with Gasteiger partial charge < -0.3 is 23.8 Å². The molecule has 0 unspecified atom stereocenters. The molecule has 0 atom stereocenters. The van der Waals surface area contributed by atoms with Gasteiger partial charge in [-0.3, -0.25) is 0 Å². The number of rotatable bonds is 6. The van der Waals surface area contributed by atoms with Gasteiger partial charge >= 0.3 is 0 Å². The van der Waals surface area contributed by atoms with Gasteiger partial charge in [-0.1, -0.05) is 0 Å². The summed E-state index contributed by atoms with van der Waals surface area (Å²) >= 11 is 0. The Balaban J connectivity index is 2.23. The van der Waals surface area contributed by atoms with Crippen molar-refractivity contribution in [1.82, 2.24) is 4.90 Å². The first-order valence-corrected chi connectivity index (χ1v) is 7.43. The molecule has 6 nitrogen and oxygen atoms in total. The van der Waals surface area contributed by atoms with Crippen molar-refractivity contribution in [3.63, 3.8) is 0 Å². The highest BCUT2D eigenvalue weighted by atomic mass is 16.5. The van der Waals surface area contributed by atoms with E-state index in [0.29, 0.717) is 42.5 Å². The average Bonchev–Trinajstić information content (AvgIpc) is 2.61. The van der Waals surface area contributed by atoms with Crippen LogP contribution in [-0.4, -0.2) is 52.5 Å². The number of benzene rings is 1. The van der Waals surface area contributed by atoms with Crippen LogP contribution in [0.4, 0.5) is 0 Å². The second-order valence-corrected chi connectivity index (χ2v) is 5.12. The van der Waals surface area contributed by atoms with Crippen LogP contribution in [0.5, 0.6) is 17.2 Å². The van der Waals surface area contributed by atoms with Crippen LogP contribution in [0.1, 0.15) is 5.56 Å². The Kier molecular flexibility index (Phi) is 6.12. The van der Waals surface area contributed by atoms with Gasteiger partial charge in [0.05, 0.1) is 40.6 Å². The molecule has 1 heterocycles. The lowest BCUT2D eigenvalue weighted by Crippen LogP contribution is -2.32. The molecule has 1 aromatic carbocycles. The van der Waals surface area contributed by atoms with Crippen LogP contribution in [0.15, 0.2) is 23.9 Å². The molecule has 124 valence electrons. The Bertz CT molecular complexity index is 576. The van der Waals surface area contributed by atoms with Gasteiger partial charge in [0.25, 0.3) is 0 Å². The topological polar surface area (TPSA) is 64.0 Å². The maximum absolute atomic E-state index is 9.41. The molecule has 1 aliphatic rings. The first-order valence-electron chi connectivity index (χ1n) is 7.43. The minimum atomic E-state index is 0.505. The van der Waals surface area contributed by atoms with E-state index in [9.17, 15) is 5.26 Å². The van der Waals surface area contributed by atoms with Gasteiger partial charge in [-0.25, -0.2) is 0 Å². The Labute approximate surface area is 136 Å². The number of hydrogen-bond donors (Lipinski definition) is 0. The van der Waals surface area contributed by atoms with Gasteiger partial charge in [-0.15, -0.1) is 0 Å². The molecular formula is C17H22N2O4. The number of nitriles is 1. The van der Waals surface area contributed by atoms with Crippen molar-refractivity contribution in [1.29, 1.82) is 5.26 Å². The van der Waals surface area contributed by atoms with Crippen molar-refractivity contribution in [2.24, 2.45) is 0 Å². The number of hydrogen-bond acceptors (Lipinski definition) is 6. The number of allylic oxidation sites excluding steroid dienone is 1. The number of methoxy groups -OCH3 is 3. The van der Waals surface area contributed by atoms with Gasteiger partial charge in [0.1, 0.15) is 0 Å². The lowest BCUT2D eigenvalue weighted by molar-refractivity contribution is 0.0591. The molecule has 0 saturated carbocycles. The smallest absolute Gasteiger partial charge is 0.203 e. The minimum Gasteiger partial charge on any atom is -0.493 e. The number of ether oxygens (including phenoxy) is 4. The normalized spacial score (nSPS) is 15.0. The summed E-state index contributed by atoms with van der Waals surface area (Å²) in [5, 5.41) is 9.41. The summed E-state index contributed by atoms with van der Waals surface area (Å²) in [6.45, 7) is 3.00. The van der Waals surface area contributed by atoms with E-state index in [2.05, 4.69) is 11.0 Å². The van der Waals surface area contributed by atoms with E-state index in [-0.39, 0.29) is 0 Å². The van der Waals surface area contributed by atoms with Crippen molar-refractivity contribution < 1.29 is 18.9 Å². The Hall–Kier alpha value is -2.39. The van der Waals surface area contributed by atoms with Crippen molar-refractivity contribution in [2.45, 2.75) is 6.42 Å². The van der Waals surface area contributed by atoms with E-state index in [4.69, 9.17) is 18.9 Å². The molecule has 2 rings (SSSR count). The van der Waals surface area contributed by atoms with Crippen LogP contribution in [0.25, 0.3) is 0 Å². The monoisotopic (exact) mass is 318 g/mol. The molecule has 0 spiro atoms. The minimum absolute atomic E-state index is 0.505. The molecule has 0 radical (unpaired) electrons. The molecule has 0 N–H and O–H groups in total. The van der Waals surface area contributed by atoms with Crippen LogP contribution in [0.3, 0.4) is 0 Å². The molecule has 0 aliphatic carbocycles. The van der Waals surface area contributed by atoms with Gasteiger partial charge in [0.2, 0.25) is 5.75 Å². The molecule has 6 heteroatoms. The van der Waals surface area contributed by atoms with E-state index in [1.165, 1.54) is 0 Å². The fourth-order valence-electron chi connectivity index (χ4n) is 2.50. The SMILES string of the molecule is COc1cc(C/C(C#N)=C\N2CCOCC2)cc(OC)c1OC. The van der Waals surface area contributed by atoms with Gasteiger partial charge in [-0.05, 0) is 17.7 Å². The van der Waals surface area contributed by atoms with Crippen LogP contribution in [-0.2, 0) is 11.2 Å². The first-order chi connectivity index (χ1) is 11.2. The summed E-state index contributed by atoms with van der Waals surface area (Å²) in [6.07, 6.45) is 2.41. The quantitative estimate of drug-likeness (QED) is 0.748. The molecule has 1 aliphatic heterocycles. The predicted molar refractivity (Wildman–Crippen MR) is 85.9 cm³/mol. The van der Waals surface area contributed by atoms with Crippen LogP contribution >= 0.6 is 0 Å². The fourth-order valence-corrected chi connectivity index (χ4v) is 2.50. The highest BCUT2D eigenvalue weighted by Gasteiger charge is 2.14. The highest BCUT2D eigenvalue weighted by Crippen LogP contribution is 2.38. The zero-order valence-corrected chi connectivity index (χ0v) is 13.8. The summed E-state index contributed by atoms with van der Waals surface area (Å²) in [6, 6.07) is 6.00. The third-order valence-electron chi connectivity index (χ3n) is 3.65. The summed E-state index contributed by atoms with van der Waals surface area (Å²) in [4.78, 5) is 2.11. The summed E-state index contributed by atoms with van der Waals surface area (Å²) in [5.74, 6) is 1.73. The highest BCUT2D eigenvalue weighted by molar-refractivity contribution is 5.54. The molecule has 0 aromatic heterocycles. The largest absolute Gasteiger partial charge is 0.493 e. The standard InChI is InChI=1S/C17H22N2O4/c1-20-15-9-13(10-16(21-2)17(15)22-3)8-14(11-18)12-19-4-6-23-7-5-19/h9-10,12H,4-8H2,1-3H3/b14-12+. The molecule has 1 aromatic rings. The Morgan fingerprint density at radius 2 is 1.78 bits per heavy atom. The van der Waals surface area contributed by atoms with E-state index < -0.39 is 0 Å². The van der Waals surface area contributed by atoms with Gasteiger partial charge in [0, 0.05) is 31.3 Å². The molecule has 1 saturated heterocycles. The molecular weight excluding hydrogens is 296 g/mol. The maximum atomic E-state index is 9.41. The van der Waals surface area contributed by atoms with Gasteiger partial charge in [-0.2, -0.15) is 5.26 Å². The first kappa shape index (κ1) is 17.0.